The van der Waals surface area contributed by atoms with Crippen LogP contribution in [0.5, 0.6) is 0 Å². The molecule has 0 unspecified atom stereocenters. The molecule has 1 aliphatic rings. The first-order chi connectivity index (χ1) is 12.2. The van der Waals surface area contributed by atoms with E-state index >= 15 is 0 Å². The summed E-state index contributed by atoms with van der Waals surface area (Å²) in [6.07, 6.45) is 3.54. The van der Waals surface area contributed by atoms with Gasteiger partial charge in [0.2, 0.25) is 0 Å². The highest BCUT2D eigenvalue weighted by atomic mass is 19.1. The lowest BCUT2D eigenvalue weighted by atomic mass is 9.96. The van der Waals surface area contributed by atoms with Crippen LogP contribution in [0, 0.1) is 5.82 Å². The van der Waals surface area contributed by atoms with Crippen molar-refractivity contribution in [2.24, 2.45) is 4.99 Å². The van der Waals surface area contributed by atoms with Crippen LogP contribution in [0.1, 0.15) is 18.1 Å². The van der Waals surface area contributed by atoms with Gasteiger partial charge < -0.3 is 5.32 Å². The number of nitrogens with zero attached hydrogens (tertiary/aromatic N) is 2. The fourth-order valence-electron chi connectivity index (χ4n) is 3.08. The number of pyridine rings is 1. The molecule has 1 N–H and O–H groups in total. The Kier molecular flexibility index (Phi) is 4.02. The van der Waals surface area contributed by atoms with E-state index in [2.05, 4.69) is 22.4 Å². The summed E-state index contributed by atoms with van der Waals surface area (Å²) in [6.45, 7) is 2.75. The van der Waals surface area contributed by atoms with Gasteiger partial charge >= 0.3 is 0 Å². The van der Waals surface area contributed by atoms with Crippen LogP contribution in [0.3, 0.4) is 0 Å². The molecule has 1 aromatic heterocycles. The van der Waals surface area contributed by atoms with Crippen molar-refractivity contribution in [1.82, 2.24) is 4.98 Å². The average Bonchev–Trinajstić information content (AvgIpc) is 2.81. The highest BCUT2D eigenvalue weighted by Crippen LogP contribution is 2.29. The van der Waals surface area contributed by atoms with E-state index in [1.807, 2.05) is 31.2 Å². The Morgan fingerprint density at radius 2 is 1.76 bits per heavy atom. The Morgan fingerprint density at radius 3 is 2.56 bits per heavy atom. The van der Waals surface area contributed by atoms with Crippen molar-refractivity contribution >= 4 is 11.4 Å². The maximum Gasteiger partial charge on any atom is 0.132 e. The van der Waals surface area contributed by atoms with Crippen LogP contribution < -0.4 is 5.32 Å². The fraction of sp³-hybridized carbons (Fsp3) is 0.143. The summed E-state index contributed by atoms with van der Waals surface area (Å²) >= 11 is 0. The number of aliphatic imine (C=N–C) groups is 1. The summed E-state index contributed by atoms with van der Waals surface area (Å²) < 4.78 is 14.4. The van der Waals surface area contributed by atoms with Gasteiger partial charge in [-0.05, 0) is 54.4 Å². The van der Waals surface area contributed by atoms with E-state index in [1.165, 1.54) is 6.07 Å². The average molecular weight is 331 g/mol. The van der Waals surface area contributed by atoms with Gasteiger partial charge in [0.1, 0.15) is 5.82 Å². The lowest BCUT2D eigenvalue weighted by Gasteiger charge is -2.13. The third kappa shape index (κ3) is 3.03. The third-order valence-corrected chi connectivity index (χ3v) is 4.35. The van der Waals surface area contributed by atoms with Gasteiger partial charge in [-0.2, -0.15) is 0 Å². The normalized spacial score (nSPS) is 16.4. The molecule has 2 heterocycles. The van der Waals surface area contributed by atoms with Crippen LogP contribution in [0.4, 0.5) is 10.1 Å². The molecule has 0 radical (unpaired) electrons. The predicted molar refractivity (Wildman–Crippen MR) is 99.7 cm³/mol. The maximum atomic E-state index is 14.4. The van der Waals surface area contributed by atoms with Gasteiger partial charge in [0, 0.05) is 35.8 Å². The zero-order valence-corrected chi connectivity index (χ0v) is 13.9. The molecule has 2 aromatic carbocycles. The highest BCUT2D eigenvalue weighted by molar-refractivity contribution is 6.17. The minimum Gasteiger partial charge on any atom is -0.382 e. The summed E-state index contributed by atoms with van der Waals surface area (Å²) in [7, 11) is 0. The first kappa shape index (κ1) is 15.5. The topological polar surface area (TPSA) is 37.3 Å². The molecular weight excluding hydrogens is 313 g/mol. The molecule has 3 aromatic rings. The number of aromatic nitrogens is 1. The van der Waals surface area contributed by atoms with Crippen LogP contribution in [0.25, 0.3) is 11.1 Å². The monoisotopic (exact) mass is 331 g/mol. The smallest absolute Gasteiger partial charge is 0.132 e. The Labute approximate surface area is 146 Å². The Bertz CT molecular complexity index is 935. The third-order valence-electron chi connectivity index (χ3n) is 4.35. The SMILES string of the molecule is C[C@H]1CNc2ccc(-c3ccncc3)cc2C(c2ccccc2F)=N1. The van der Waals surface area contributed by atoms with E-state index in [9.17, 15) is 4.39 Å². The Hall–Kier alpha value is -3.01. The maximum absolute atomic E-state index is 14.4. The first-order valence-electron chi connectivity index (χ1n) is 8.34. The van der Waals surface area contributed by atoms with Gasteiger partial charge in [-0.3, -0.25) is 9.98 Å². The van der Waals surface area contributed by atoms with E-state index in [0.717, 1.165) is 28.9 Å². The van der Waals surface area contributed by atoms with E-state index < -0.39 is 0 Å². The summed E-state index contributed by atoms with van der Waals surface area (Å²) in [5.74, 6) is -0.254. The number of halogens is 1. The lowest BCUT2D eigenvalue weighted by Crippen LogP contribution is -2.12. The van der Waals surface area contributed by atoms with Crippen molar-refractivity contribution in [1.29, 1.82) is 0 Å². The van der Waals surface area contributed by atoms with Gasteiger partial charge in [-0.25, -0.2) is 4.39 Å². The minimum atomic E-state index is -0.254. The molecule has 1 atom stereocenters. The molecule has 0 amide bonds. The molecule has 0 saturated heterocycles. The number of anilines is 1. The van der Waals surface area contributed by atoms with Crippen LogP contribution in [0.2, 0.25) is 0 Å². The zero-order chi connectivity index (χ0) is 17.2. The number of benzodiazepines with no additional fused rings is 1. The van der Waals surface area contributed by atoms with Crippen LogP contribution in [-0.4, -0.2) is 23.3 Å². The van der Waals surface area contributed by atoms with Crippen LogP contribution in [-0.2, 0) is 0 Å². The second-order valence-electron chi connectivity index (χ2n) is 6.18. The predicted octanol–water partition coefficient (Wildman–Crippen LogP) is 4.54. The van der Waals surface area contributed by atoms with Gasteiger partial charge in [0.15, 0.2) is 0 Å². The zero-order valence-electron chi connectivity index (χ0n) is 13.9. The van der Waals surface area contributed by atoms with E-state index in [4.69, 9.17) is 4.99 Å². The minimum absolute atomic E-state index is 0.0615. The molecule has 0 fully saturated rings. The number of hydrogen-bond donors (Lipinski definition) is 1. The van der Waals surface area contributed by atoms with Crippen molar-refractivity contribution in [2.75, 3.05) is 11.9 Å². The molecule has 1 aliphatic heterocycles. The highest BCUT2D eigenvalue weighted by Gasteiger charge is 2.20. The van der Waals surface area contributed by atoms with Crippen molar-refractivity contribution in [3.8, 4) is 11.1 Å². The van der Waals surface area contributed by atoms with Gasteiger partial charge in [0.25, 0.3) is 0 Å². The quantitative estimate of drug-likeness (QED) is 0.748. The molecule has 124 valence electrons. The first-order valence-corrected chi connectivity index (χ1v) is 8.34. The second kappa shape index (κ2) is 6.48. The number of hydrogen-bond acceptors (Lipinski definition) is 3. The molecule has 0 bridgehead atoms. The summed E-state index contributed by atoms with van der Waals surface area (Å²) in [6, 6.07) is 17.0. The summed E-state index contributed by atoms with van der Waals surface area (Å²) in [5, 5.41) is 3.42. The molecule has 25 heavy (non-hydrogen) atoms. The van der Waals surface area contributed by atoms with Gasteiger partial charge in [-0.1, -0.05) is 18.2 Å². The van der Waals surface area contributed by atoms with Crippen LogP contribution >= 0.6 is 0 Å². The lowest BCUT2D eigenvalue weighted by molar-refractivity contribution is 0.625. The number of fused-ring (bicyclic) bond motifs is 1. The second-order valence-corrected chi connectivity index (χ2v) is 6.18. The Balaban J connectivity index is 1.90. The molecule has 0 aliphatic carbocycles. The molecule has 4 heteroatoms. The van der Waals surface area contributed by atoms with Crippen molar-refractivity contribution in [3.63, 3.8) is 0 Å². The van der Waals surface area contributed by atoms with E-state index in [1.54, 1.807) is 24.5 Å². The fourth-order valence-corrected chi connectivity index (χ4v) is 3.08. The number of rotatable bonds is 2. The van der Waals surface area contributed by atoms with Crippen molar-refractivity contribution in [2.45, 2.75) is 13.0 Å². The summed E-state index contributed by atoms with van der Waals surface area (Å²) in [5.41, 5.74) is 5.25. The standard InChI is InChI=1S/C21H18FN3/c1-14-13-24-20-7-6-16(15-8-10-23-11-9-15)12-18(20)21(25-14)17-4-2-3-5-19(17)22/h2-12,14,24H,13H2,1H3/t14-/m0/s1. The van der Waals surface area contributed by atoms with Gasteiger partial charge in [0.05, 0.1) is 11.8 Å². The molecule has 0 saturated carbocycles. The van der Waals surface area contributed by atoms with E-state index in [-0.39, 0.29) is 11.9 Å². The number of benzene rings is 2. The molecule has 0 spiro atoms. The molecule has 4 rings (SSSR count). The Morgan fingerprint density at radius 1 is 0.960 bits per heavy atom. The van der Waals surface area contributed by atoms with E-state index in [0.29, 0.717) is 11.3 Å². The summed E-state index contributed by atoms with van der Waals surface area (Å²) in [4.78, 5) is 8.86. The van der Waals surface area contributed by atoms with Gasteiger partial charge in [-0.15, -0.1) is 0 Å². The molecular formula is C21H18FN3. The molecule has 3 nitrogen and oxygen atoms in total. The largest absolute Gasteiger partial charge is 0.382 e. The van der Waals surface area contributed by atoms with Crippen molar-refractivity contribution < 1.29 is 4.39 Å². The van der Waals surface area contributed by atoms with Crippen LogP contribution in [0.15, 0.2) is 72.0 Å². The van der Waals surface area contributed by atoms with Crippen molar-refractivity contribution in [3.05, 3.63) is 83.9 Å². The number of nitrogens with one attached hydrogen (secondary N) is 1.